The summed E-state index contributed by atoms with van der Waals surface area (Å²) < 4.78 is 0. The standard InChI is InChI=1S/C19H20ClN3O2/c1-12-15(20)7-4-8-16(12)23-18(24)13-9-10-21-17(11-13)19(25)22-14-5-2-3-6-14/h4,7-11,14H,2-3,5-6H2,1H3,(H,22,25)(H,23,24). The number of aromatic nitrogens is 1. The minimum Gasteiger partial charge on any atom is -0.348 e. The summed E-state index contributed by atoms with van der Waals surface area (Å²) in [5.41, 5.74) is 2.07. The van der Waals surface area contributed by atoms with Crippen LogP contribution in [0.3, 0.4) is 0 Å². The molecule has 2 N–H and O–H groups in total. The van der Waals surface area contributed by atoms with Gasteiger partial charge >= 0.3 is 0 Å². The maximum atomic E-state index is 12.5. The Morgan fingerprint density at radius 3 is 2.68 bits per heavy atom. The predicted octanol–water partition coefficient (Wildman–Crippen LogP) is 3.97. The van der Waals surface area contributed by atoms with Gasteiger partial charge in [0.25, 0.3) is 11.8 Å². The van der Waals surface area contributed by atoms with Crippen LogP contribution in [0.25, 0.3) is 0 Å². The number of nitrogens with zero attached hydrogens (tertiary/aromatic N) is 1. The molecule has 0 atom stereocenters. The molecule has 0 saturated heterocycles. The number of rotatable bonds is 4. The van der Waals surface area contributed by atoms with Gasteiger partial charge in [-0.3, -0.25) is 14.6 Å². The molecule has 5 nitrogen and oxygen atoms in total. The van der Waals surface area contributed by atoms with Gasteiger partial charge in [0.1, 0.15) is 5.69 Å². The second-order valence-electron chi connectivity index (χ2n) is 6.25. The van der Waals surface area contributed by atoms with E-state index in [2.05, 4.69) is 15.6 Å². The quantitative estimate of drug-likeness (QED) is 0.869. The molecule has 1 aromatic carbocycles. The Kier molecular flexibility index (Phi) is 5.34. The van der Waals surface area contributed by atoms with Gasteiger partial charge in [-0.05, 0) is 49.6 Å². The Morgan fingerprint density at radius 2 is 1.92 bits per heavy atom. The van der Waals surface area contributed by atoms with Crippen molar-refractivity contribution in [1.29, 1.82) is 0 Å². The molecule has 0 unspecified atom stereocenters. The van der Waals surface area contributed by atoms with Crippen LogP contribution in [0.2, 0.25) is 5.02 Å². The van der Waals surface area contributed by atoms with E-state index in [0.717, 1.165) is 31.2 Å². The van der Waals surface area contributed by atoms with Crippen LogP contribution < -0.4 is 10.6 Å². The summed E-state index contributed by atoms with van der Waals surface area (Å²) in [6.07, 6.45) is 5.75. The number of halogens is 1. The molecular formula is C19H20ClN3O2. The van der Waals surface area contributed by atoms with Crippen LogP contribution in [0.4, 0.5) is 5.69 Å². The highest BCUT2D eigenvalue weighted by Gasteiger charge is 2.19. The van der Waals surface area contributed by atoms with E-state index in [4.69, 9.17) is 11.6 Å². The van der Waals surface area contributed by atoms with E-state index in [9.17, 15) is 9.59 Å². The molecular weight excluding hydrogens is 338 g/mol. The lowest BCUT2D eigenvalue weighted by atomic mass is 10.1. The molecule has 1 aliphatic rings. The van der Waals surface area contributed by atoms with Gasteiger partial charge in [-0.1, -0.05) is 30.5 Å². The number of carbonyl (C=O) groups is 2. The van der Waals surface area contributed by atoms with E-state index in [1.165, 1.54) is 12.3 Å². The summed E-state index contributed by atoms with van der Waals surface area (Å²) in [6.45, 7) is 1.84. The number of nitrogens with one attached hydrogen (secondary N) is 2. The van der Waals surface area contributed by atoms with E-state index in [0.29, 0.717) is 16.3 Å². The fraction of sp³-hybridized carbons (Fsp3) is 0.316. The van der Waals surface area contributed by atoms with E-state index in [1.807, 2.05) is 6.92 Å². The molecule has 1 saturated carbocycles. The van der Waals surface area contributed by atoms with Gasteiger partial charge in [-0.15, -0.1) is 0 Å². The van der Waals surface area contributed by atoms with Crippen molar-refractivity contribution in [2.24, 2.45) is 0 Å². The number of benzene rings is 1. The highest BCUT2D eigenvalue weighted by molar-refractivity contribution is 6.31. The van der Waals surface area contributed by atoms with Gasteiger partial charge < -0.3 is 10.6 Å². The third-order valence-electron chi connectivity index (χ3n) is 4.46. The molecule has 2 aromatic rings. The minimum atomic E-state index is -0.303. The molecule has 6 heteroatoms. The second-order valence-corrected chi connectivity index (χ2v) is 6.66. The van der Waals surface area contributed by atoms with E-state index < -0.39 is 0 Å². The van der Waals surface area contributed by atoms with Crippen molar-refractivity contribution in [2.45, 2.75) is 38.6 Å². The summed E-state index contributed by atoms with van der Waals surface area (Å²) in [5, 5.41) is 6.39. The molecule has 2 amide bonds. The fourth-order valence-corrected chi connectivity index (χ4v) is 3.14. The first-order valence-electron chi connectivity index (χ1n) is 8.38. The lowest BCUT2D eigenvalue weighted by Gasteiger charge is -2.12. The third-order valence-corrected chi connectivity index (χ3v) is 4.87. The smallest absolute Gasteiger partial charge is 0.270 e. The Balaban J connectivity index is 1.72. The number of amides is 2. The average Bonchev–Trinajstić information content (AvgIpc) is 3.12. The lowest BCUT2D eigenvalue weighted by Crippen LogP contribution is -2.33. The molecule has 0 aliphatic heterocycles. The topological polar surface area (TPSA) is 71.1 Å². The van der Waals surface area contributed by atoms with Gasteiger partial charge in [-0.2, -0.15) is 0 Å². The predicted molar refractivity (Wildman–Crippen MR) is 98.1 cm³/mol. The molecule has 0 bridgehead atoms. The molecule has 1 heterocycles. The van der Waals surface area contributed by atoms with Crippen molar-refractivity contribution in [3.8, 4) is 0 Å². The molecule has 1 aliphatic carbocycles. The Labute approximate surface area is 151 Å². The number of carbonyl (C=O) groups excluding carboxylic acids is 2. The van der Waals surface area contributed by atoms with Crippen LogP contribution in [-0.4, -0.2) is 22.8 Å². The SMILES string of the molecule is Cc1c(Cl)cccc1NC(=O)c1ccnc(C(=O)NC2CCCC2)c1. The zero-order valence-corrected chi connectivity index (χ0v) is 14.8. The largest absolute Gasteiger partial charge is 0.348 e. The first-order valence-corrected chi connectivity index (χ1v) is 8.76. The molecule has 1 fully saturated rings. The van der Waals surface area contributed by atoms with Crippen molar-refractivity contribution in [1.82, 2.24) is 10.3 Å². The van der Waals surface area contributed by atoms with E-state index in [-0.39, 0.29) is 23.6 Å². The van der Waals surface area contributed by atoms with Gasteiger partial charge in [-0.25, -0.2) is 0 Å². The highest BCUT2D eigenvalue weighted by atomic mass is 35.5. The highest BCUT2D eigenvalue weighted by Crippen LogP contribution is 2.23. The summed E-state index contributed by atoms with van der Waals surface area (Å²) in [7, 11) is 0. The zero-order chi connectivity index (χ0) is 17.8. The summed E-state index contributed by atoms with van der Waals surface area (Å²) in [5.74, 6) is -0.539. The number of hydrogen-bond donors (Lipinski definition) is 2. The van der Waals surface area contributed by atoms with Crippen molar-refractivity contribution < 1.29 is 9.59 Å². The maximum absolute atomic E-state index is 12.5. The second kappa shape index (κ2) is 7.66. The van der Waals surface area contributed by atoms with Crippen LogP contribution in [-0.2, 0) is 0 Å². The Bertz CT molecular complexity index is 801. The summed E-state index contributed by atoms with van der Waals surface area (Å²) in [4.78, 5) is 28.9. The van der Waals surface area contributed by atoms with Crippen molar-refractivity contribution >= 4 is 29.1 Å². The van der Waals surface area contributed by atoms with Crippen molar-refractivity contribution in [2.75, 3.05) is 5.32 Å². The van der Waals surface area contributed by atoms with Crippen LogP contribution in [0.5, 0.6) is 0 Å². The zero-order valence-electron chi connectivity index (χ0n) is 14.0. The normalized spacial score (nSPS) is 14.3. The van der Waals surface area contributed by atoms with Gasteiger partial charge in [0.2, 0.25) is 0 Å². The van der Waals surface area contributed by atoms with Crippen LogP contribution >= 0.6 is 11.6 Å². The van der Waals surface area contributed by atoms with Crippen molar-refractivity contribution in [3.05, 3.63) is 58.4 Å². The Hall–Kier alpha value is -2.40. The minimum absolute atomic E-state index is 0.209. The summed E-state index contributed by atoms with van der Waals surface area (Å²) >= 11 is 6.08. The summed E-state index contributed by atoms with van der Waals surface area (Å²) in [6, 6.07) is 8.64. The molecule has 1 aromatic heterocycles. The van der Waals surface area contributed by atoms with Gasteiger partial charge in [0.05, 0.1) is 0 Å². The first kappa shape index (κ1) is 17.4. The van der Waals surface area contributed by atoms with E-state index >= 15 is 0 Å². The number of anilines is 1. The van der Waals surface area contributed by atoms with E-state index in [1.54, 1.807) is 24.3 Å². The van der Waals surface area contributed by atoms with Crippen LogP contribution in [0, 0.1) is 6.92 Å². The fourth-order valence-electron chi connectivity index (χ4n) is 2.96. The van der Waals surface area contributed by atoms with Crippen molar-refractivity contribution in [3.63, 3.8) is 0 Å². The molecule has 0 radical (unpaired) electrons. The molecule has 3 rings (SSSR count). The maximum Gasteiger partial charge on any atom is 0.270 e. The molecule has 25 heavy (non-hydrogen) atoms. The monoisotopic (exact) mass is 357 g/mol. The molecule has 130 valence electrons. The number of pyridine rings is 1. The number of hydrogen-bond acceptors (Lipinski definition) is 3. The van der Waals surface area contributed by atoms with Crippen LogP contribution in [0.1, 0.15) is 52.1 Å². The lowest BCUT2D eigenvalue weighted by molar-refractivity contribution is 0.0933. The van der Waals surface area contributed by atoms with Gasteiger partial charge in [0.15, 0.2) is 0 Å². The third kappa shape index (κ3) is 4.17. The Morgan fingerprint density at radius 1 is 1.16 bits per heavy atom. The first-order chi connectivity index (χ1) is 12.0. The average molecular weight is 358 g/mol. The van der Waals surface area contributed by atoms with Crippen LogP contribution in [0.15, 0.2) is 36.5 Å². The molecule has 0 spiro atoms. The van der Waals surface area contributed by atoms with Gasteiger partial charge in [0, 0.05) is 28.5 Å².